The Balaban J connectivity index is 2.49. The third-order valence-corrected chi connectivity index (χ3v) is 6.61. The average molecular weight is 617 g/mol. The normalized spacial score (nSPS) is 11.9. The van der Waals surface area contributed by atoms with Crippen molar-refractivity contribution in [1.29, 1.82) is 10.5 Å². The maximum Gasteiger partial charge on any atom is 0.436 e. The summed E-state index contributed by atoms with van der Waals surface area (Å²) in [4.78, 5) is 24.5. The maximum absolute atomic E-state index is 15.6. The second kappa shape index (κ2) is 10.9. The van der Waals surface area contributed by atoms with Crippen molar-refractivity contribution in [3.8, 4) is 23.3 Å². The SMILES string of the molecule is Cc1ccc(C(=O)Nc2c(Cl)c(-c3ccc(C(N)=O)cc3)c(Cl)c(C#N)c2C(F)(C(F)(F)F)C(F)(F)F)c(C#N)c1. The van der Waals surface area contributed by atoms with Crippen LogP contribution in [0.3, 0.4) is 0 Å². The number of alkyl halides is 7. The molecule has 3 aromatic carbocycles. The lowest BCUT2D eigenvalue weighted by Crippen LogP contribution is -2.51. The zero-order valence-electron chi connectivity index (χ0n) is 20.2. The largest absolute Gasteiger partial charge is 0.436 e. The average Bonchev–Trinajstić information content (AvgIpc) is 2.88. The van der Waals surface area contributed by atoms with Gasteiger partial charge in [-0.05, 0) is 42.3 Å². The lowest BCUT2D eigenvalue weighted by atomic mass is 9.85. The Labute approximate surface area is 236 Å². The summed E-state index contributed by atoms with van der Waals surface area (Å²) in [6.45, 7) is 1.54. The number of halogens is 9. The van der Waals surface area contributed by atoms with Crippen LogP contribution in [-0.4, -0.2) is 24.2 Å². The Morgan fingerprint density at radius 1 is 0.878 bits per heavy atom. The number of benzene rings is 3. The number of carbonyl (C=O) groups is 2. The Kier molecular flexibility index (Phi) is 8.31. The van der Waals surface area contributed by atoms with E-state index in [-0.39, 0.29) is 16.7 Å². The molecule has 212 valence electrons. The van der Waals surface area contributed by atoms with Crippen LogP contribution in [0.25, 0.3) is 11.1 Å². The summed E-state index contributed by atoms with van der Waals surface area (Å²) in [5.41, 5.74) is -7.85. The highest BCUT2D eigenvalue weighted by molar-refractivity contribution is 6.42. The van der Waals surface area contributed by atoms with Gasteiger partial charge >= 0.3 is 18.0 Å². The number of amides is 2. The molecule has 6 nitrogen and oxygen atoms in total. The molecule has 0 aliphatic heterocycles. The summed E-state index contributed by atoms with van der Waals surface area (Å²) in [7, 11) is 0. The molecule has 0 saturated heterocycles. The molecule has 15 heteroatoms. The van der Waals surface area contributed by atoms with E-state index in [4.69, 9.17) is 28.9 Å². The van der Waals surface area contributed by atoms with E-state index in [2.05, 4.69) is 0 Å². The number of hydrogen-bond donors (Lipinski definition) is 2. The molecule has 0 aliphatic carbocycles. The molecule has 0 fully saturated rings. The third-order valence-electron chi connectivity index (χ3n) is 5.85. The van der Waals surface area contributed by atoms with Gasteiger partial charge in [-0.3, -0.25) is 9.59 Å². The van der Waals surface area contributed by atoms with Crippen LogP contribution in [0.2, 0.25) is 10.0 Å². The number of carbonyl (C=O) groups excluding carboxylic acids is 2. The van der Waals surface area contributed by atoms with Gasteiger partial charge in [-0.2, -0.15) is 36.9 Å². The smallest absolute Gasteiger partial charge is 0.366 e. The molecular formula is C26H13Cl2F7N4O2. The molecule has 0 saturated carbocycles. The first kappa shape index (κ1) is 31.2. The first-order valence-electron chi connectivity index (χ1n) is 10.9. The quantitative estimate of drug-likeness (QED) is 0.291. The van der Waals surface area contributed by atoms with E-state index in [0.717, 1.165) is 36.4 Å². The molecule has 0 radical (unpaired) electrons. The number of hydrogen-bond acceptors (Lipinski definition) is 4. The van der Waals surface area contributed by atoms with E-state index in [9.17, 15) is 46.5 Å². The van der Waals surface area contributed by atoms with Crippen molar-refractivity contribution in [3.05, 3.63) is 85.9 Å². The number of primary amides is 1. The molecule has 0 bridgehead atoms. The minimum absolute atomic E-state index is 0.0630. The van der Waals surface area contributed by atoms with Gasteiger partial charge in [-0.25, -0.2) is 4.39 Å². The number of anilines is 1. The molecule has 0 spiro atoms. The van der Waals surface area contributed by atoms with Crippen LogP contribution in [0, 0.1) is 29.6 Å². The van der Waals surface area contributed by atoms with Gasteiger partial charge in [0.05, 0.1) is 44.1 Å². The summed E-state index contributed by atoms with van der Waals surface area (Å²) < 4.78 is 99.1. The van der Waals surface area contributed by atoms with E-state index < -0.39 is 67.8 Å². The van der Waals surface area contributed by atoms with Crippen LogP contribution in [0.15, 0.2) is 42.5 Å². The van der Waals surface area contributed by atoms with Gasteiger partial charge < -0.3 is 11.1 Å². The zero-order chi connectivity index (χ0) is 31.1. The molecule has 0 heterocycles. The fourth-order valence-corrected chi connectivity index (χ4v) is 4.62. The van der Waals surface area contributed by atoms with Gasteiger partial charge in [-0.1, -0.05) is 41.4 Å². The summed E-state index contributed by atoms with van der Waals surface area (Å²) in [5.74, 6) is -2.34. The third kappa shape index (κ3) is 5.38. The van der Waals surface area contributed by atoms with Crippen LogP contribution in [0.5, 0.6) is 0 Å². The molecule has 2 amide bonds. The molecule has 0 aromatic heterocycles. The Hall–Kier alpha value is -4.33. The Morgan fingerprint density at radius 2 is 1.44 bits per heavy atom. The molecule has 0 unspecified atom stereocenters. The molecule has 3 rings (SSSR count). The zero-order valence-corrected chi connectivity index (χ0v) is 21.7. The summed E-state index contributed by atoms with van der Waals surface area (Å²) in [5, 5.41) is 18.6. The number of nitrogens with two attached hydrogens (primary N) is 1. The van der Waals surface area contributed by atoms with Crippen molar-refractivity contribution >= 4 is 40.7 Å². The van der Waals surface area contributed by atoms with Gasteiger partial charge in [0, 0.05) is 11.1 Å². The highest BCUT2D eigenvalue weighted by Crippen LogP contribution is 2.59. The molecule has 41 heavy (non-hydrogen) atoms. The van der Waals surface area contributed by atoms with Crippen LogP contribution >= 0.6 is 23.2 Å². The molecule has 3 N–H and O–H groups in total. The highest BCUT2D eigenvalue weighted by atomic mass is 35.5. The van der Waals surface area contributed by atoms with Gasteiger partial charge in [0.2, 0.25) is 5.91 Å². The van der Waals surface area contributed by atoms with Crippen molar-refractivity contribution in [2.75, 3.05) is 5.32 Å². The minimum atomic E-state index is -6.73. The number of nitrogens with one attached hydrogen (secondary N) is 1. The topological polar surface area (TPSA) is 120 Å². The van der Waals surface area contributed by atoms with Crippen molar-refractivity contribution in [3.63, 3.8) is 0 Å². The van der Waals surface area contributed by atoms with E-state index >= 15 is 4.39 Å². The number of rotatable bonds is 5. The lowest BCUT2D eigenvalue weighted by Gasteiger charge is -2.33. The van der Waals surface area contributed by atoms with Crippen molar-refractivity contribution in [2.24, 2.45) is 5.73 Å². The first-order valence-corrected chi connectivity index (χ1v) is 11.7. The molecule has 3 aromatic rings. The van der Waals surface area contributed by atoms with Crippen molar-refractivity contribution < 1.29 is 40.3 Å². The Morgan fingerprint density at radius 3 is 1.90 bits per heavy atom. The second-order valence-electron chi connectivity index (χ2n) is 8.45. The molecule has 0 atom stereocenters. The standard InChI is InChI=1S/C26H13Cl2F7N4O2/c1-11-2-7-15(14(8-11)9-36)23(41)39-21-18(24(29,25(30,31)32)26(33,34)35)16(10-37)19(27)17(20(21)28)12-3-5-13(6-4-12)22(38)40/h2-8H,1H3,(H2,38,40)(H,39,41). The molecule has 0 aliphatic rings. The van der Waals surface area contributed by atoms with Crippen LogP contribution in [-0.2, 0) is 5.67 Å². The van der Waals surface area contributed by atoms with E-state index in [1.165, 1.54) is 19.1 Å². The van der Waals surface area contributed by atoms with Gasteiger partial charge in [0.15, 0.2) is 0 Å². The highest BCUT2D eigenvalue weighted by Gasteiger charge is 2.75. The summed E-state index contributed by atoms with van der Waals surface area (Å²) >= 11 is 12.4. The van der Waals surface area contributed by atoms with Gasteiger partial charge in [-0.15, -0.1) is 0 Å². The van der Waals surface area contributed by atoms with Gasteiger partial charge in [0.25, 0.3) is 5.91 Å². The number of aryl methyl sites for hydroxylation is 1. The predicted octanol–water partition coefficient (Wildman–Crippen LogP) is 7.35. The monoisotopic (exact) mass is 616 g/mol. The first-order chi connectivity index (χ1) is 18.9. The summed E-state index contributed by atoms with van der Waals surface area (Å²) in [6.07, 6.45) is -13.5. The van der Waals surface area contributed by atoms with E-state index in [1.807, 2.05) is 0 Å². The van der Waals surface area contributed by atoms with Crippen molar-refractivity contribution in [2.45, 2.75) is 24.9 Å². The van der Waals surface area contributed by atoms with Crippen LogP contribution < -0.4 is 11.1 Å². The maximum atomic E-state index is 15.6. The minimum Gasteiger partial charge on any atom is -0.366 e. The molecular weight excluding hydrogens is 604 g/mol. The lowest BCUT2D eigenvalue weighted by molar-refractivity contribution is -0.348. The fraction of sp³-hybridized carbons (Fsp3) is 0.154. The fourth-order valence-electron chi connectivity index (χ4n) is 3.89. The summed E-state index contributed by atoms with van der Waals surface area (Å²) in [6, 6.07) is 10.7. The van der Waals surface area contributed by atoms with Gasteiger partial charge in [0.1, 0.15) is 6.07 Å². The van der Waals surface area contributed by atoms with E-state index in [1.54, 1.807) is 11.4 Å². The number of nitriles is 2. The van der Waals surface area contributed by atoms with Crippen LogP contribution in [0.1, 0.15) is 43.0 Å². The predicted molar refractivity (Wildman–Crippen MR) is 134 cm³/mol. The van der Waals surface area contributed by atoms with Crippen molar-refractivity contribution in [1.82, 2.24) is 0 Å². The Bertz CT molecular complexity index is 1640. The number of nitrogens with zero attached hydrogens (tertiary/aromatic N) is 2. The van der Waals surface area contributed by atoms with E-state index in [0.29, 0.717) is 5.56 Å². The van der Waals surface area contributed by atoms with Crippen LogP contribution in [0.4, 0.5) is 36.4 Å². The second-order valence-corrected chi connectivity index (χ2v) is 9.21.